The lowest BCUT2D eigenvalue weighted by molar-refractivity contribution is 0.0915. The third-order valence-electron chi connectivity index (χ3n) is 3.86. The van der Waals surface area contributed by atoms with Crippen molar-refractivity contribution < 1.29 is 8.42 Å². The van der Waals surface area contributed by atoms with E-state index in [1.165, 1.54) is 0 Å². The number of allylic oxidation sites excluding steroid dienone is 2. The molecule has 0 spiro atoms. The number of hydrogen-bond donors (Lipinski definition) is 1. The summed E-state index contributed by atoms with van der Waals surface area (Å²) in [6.07, 6.45) is 8.78. The Morgan fingerprint density at radius 3 is 2.26 bits per heavy atom. The molecule has 1 saturated heterocycles. The molecule has 1 heterocycles. The number of piperazine rings is 1. The summed E-state index contributed by atoms with van der Waals surface area (Å²) in [5.74, 6) is 0. The van der Waals surface area contributed by atoms with Crippen molar-refractivity contribution in [2.75, 3.05) is 26.2 Å². The van der Waals surface area contributed by atoms with Gasteiger partial charge in [0.2, 0.25) is 10.0 Å². The van der Waals surface area contributed by atoms with Crippen molar-refractivity contribution in [1.82, 2.24) is 9.21 Å². The number of hydrogen-bond acceptors (Lipinski definition) is 4. The Bertz CT molecular complexity index is 476. The molecule has 1 aliphatic carbocycles. The first-order valence-corrected chi connectivity index (χ1v) is 8.24. The minimum atomic E-state index is -3.14. The van der Waals surface area contributed by atoms with Gasteiger partial charge in [0.25, 0.3) is 0 Å². The first-order chi connectivity index (χ1) is 8.86. The first kappa shape index (κ1) is 14.7. The highest BCUT2D eigenvalue weighted by atomic mass is 32.2. The maximum absolute atomic E-state index is 12.1. The van der Waals surface area contributed by atoms with E-state index in [2.05, 4.69) is 11.0 Å². The fourth-order valence-corrected chi connectivity index (χ4v) is 3.79. The molecule has 2 aliphatic rings. The zero-order chi connectivity index (χ0) is 14.1. The molecule has 2 N–H and O–H groups in total. The van der Waals surface area contributed by atoms with Gasteiger partial charge in [0.05, 0.1) is 10.9 Å². The van der Waals surface area contributed by atoms with E-state index >= 15 is 0 Å². The van der Waals surface area contributed by atoms with Gasteiger partial charge >= 0.3 is 0 Å². The number of rotatable bonds is 3. The minimum Gasteiger partial charge on any atom is -0.310 e. The summed E-state index contributed by atoms with van der Waals surface area (Å²) in [6.45, 7) is 5.86. The third-order valence-corrected chi connectivity index (χ3v) is 6.14. The maximum Gasteiger partial charge on any atom is 0.216 e. The van der Waals surface area contributed by atoms with Crippen LogP contribution in [-0.2, 0) is 10.0 Å². The van der Waals surface area contributed by atoms with Gasteiger partial charge in [0.15, 0.2) is 0 Å². The molecule has 1 aliphatic heterocycles. The number of sulfonamides is 1. The summed E-state index contributed by atoms with van der Waals surface area (Å²) in [7, 11) is -3.14. The van der Waals surface area contributed by atoms with E-state index in [4.69, 9.17) is 5.73 Å². The third kappa shape index (κ3) is 2.91. The summed E-state index contributed by atoms with van der Waals surface area (Å²) in [5, 5.41) is -0.358. The van der Waals surface area contributed by atoms with Gasteiger partial charge < -0.3 is 5.73 Å². The van der Waals surface area contributed by atoms with E-state index in [0.717, 1.165) is 6.42 Å². The van der Waals surface area contributed by atoms with Crippen LogP contribution in [0.4, 0.5) is 0 Å². The molecule has 0 saturated carbocycles. The lowest BCUT2D eigenvalue weighted by atomic mass is 9.99. The van der Waals surface area contributed by atoms with Crippen LogP contribution in [0.25, 0.3) is 0 Å². The van der Waals surface area contributed by atoms with E-state index in [1.807, 2.05) is 18.2 Å². The van der Waals surface area contributed by atoms with E-state index < -0.39 is 15.7 Å². The molecular formula is C13H23N3O2S. The SMILES string of the molecule is CC(C)S(=O)(=O)N1CCN(C2(N)C=CC=CC2)CC1. The van der Waals surface area contributed by atoms with Crippen molar-refractivity contribution >= 4 is 10.0 Å². The monoisotopic (exact) mass is 285 g/mol. The lowest BCUT2D eigenvalue weighted by Gasteiger charge is -2.44. The minimum absolute atomic E-state index is 0.358. The van der Waals surface area contributed by atoms with Gasteiger partial charge in [-0.15, -0.1) is 0 Å². The largest absolute Gasteiger partial charge is 0.310 e. The van der Waals surface area contributed by atoms with Gasteiger partial charge in [-0.05, 0) is 19.9 Å². The Labute approximate surface area is 115 Å². The molecule has 1 atom stereocenters. The second-order valence-electron chi connectivity index (χ2n) is 5.46. The van der Waals surface area contributed by atoms with Crippen molar-refractivity contribution in [2.24, 2.45) is 5.73 Å². The molecule has 1 fully saturated rings. The van der Waals surface area contributed by atoms with Crippen LogP contribution in [0, 0.1) is 0 Å². The van der Waals surface area contributed by atoms with Gasteiger partial charge in [-0.2, -0.15) is 4.31 Å². The van der Waals surface area contributed by atoms with Crippen LogP contribution < -0.4 is 5.73 Å². The predicted molar refractivity (Wildman–Crippen MR) is 77.0 cm³/mol. The highest BCUT2D eigenvalue weighted by Gasteiger charge is 2.36. The first-order valence-electron chi connectivity index (χ1n) is 6.73. The highest BCUT2D eigenvalue weighted by molar-refractivity contribution is 7.89. The van der Waals surface area contributed by atoms with Crippen LogP contribution in [0.15, 0.2) is 24.3 Å². The summed E-state index contributed by atoms with van der Waals surface area (Å²) in [4.78, 5) is 2.17. The van der Waals surface area contributed by atoms with Crippen molar-refractivity contribution in [3.63, 3.8) is 0 Å². The average molecular weight is 285 g/mol. The molecule has 2 rings (SSSR count). The zero-order valence-corrected chi connectivity index (χ0v) is 12.4. The molecule has 1 unspecified atom stereocenters. The second kappa shape index (κ2) is 5.36. The molecular weight excluding hydrogens is 262 g/mol. The average Bonchev–Trinajstić information content (AvgIpc) is 2.39. The molecule has 0 amide bonds. The fourth-order valence-electron chi connectivity index (χ4n) is 2.52. The molecule has 19 heavy (non-hydrogen) atoms. The van der Waals surface area contributed by atoms with Crippen LogP contribution in [0.5, 0.6) is 0 Å². The van der Waals surface area contributed by atoms with Gasteiger partial charge in [-0.25, -0.2) is 8.42 Å². The van der Waals surface area contributed by atoms with Gasteiger partial charge in [-0.3, -0.25) is 4.90 Å². The van der Waals surface area contributed by atoms with Crippen molar-refractivity contribution in [2.45, 2.75) is 31.2 Å². The van der Waals surface area contributed by atoms with E-state index in [1.54, 1.807) is 18.2 Å². The Balaban J connectivity index is 2.00. The molecule has 0 bridgehead atoms. The Morgan fingerprint density at radius 2 is 1.79 bits per heavy atom. The summed E-state index contributed by atoms with van der Waals surface area (Å²) in [6, 6.07) is 0. The normalized spacial score (nSPS) is 30.1. The summed E-state index contributed by atoms with van der Waals surface area (Å²) >= 11 is 0. The van der Waals surface area contributed by atoms with Crippen molar-refractivity contribution in [1.29, 1.82) is 0 Å². The molecule has 108 valence electrons. The lowest BCUT2D eigenvalue weighted by Crippen LogP contribution is -2.61. The summed E-state index contributed by atoms with van der Waals surface area (Å²) in [5.41, 5.74) is 5.91. The van der Waals surface area contributed by atoms with Crippen LogP contribution in [-0.4, -0.2) is 54.7 Å². The van der Waals surface area contributed by atoms with Crippen LogP contribution in [0.2, 0.25) is 0 Å². The Hall–Kier alpha value is -0.690. The Kier molecular flexibility index (Phi) is 4.15. The van der Waals surface area contributed by atoms with E-state index in [0.29, 0.717) is 26.2 Å². The topological polar surface area (TPSA) is 66.6 Å². The van der Waals surface area contributed by atoms with Gasteiger partial charge in [-0.1, -0.05) is 18.2 Å². The van der Waals surface area contributed by atoms with Crippen LogP contribution >= 0.6 is 0 Å². The van der Waals surface area contributed by atoms with Crippen molar-refractivity contribution in [3.8, 4) is 0 Å². The van der Waals surface area contributed by atoms with Gasteiger partial charge in [0, 0.05) is 32.6 Å². The van der Waals surface area contributed by atoms with Gasteiger partial charge in [0.1, 0.15) is 0 Å². The standard InChI is InChI=1S/C13H23N3O2S/c1-12(2)19(17,18)16-10-8-15(9-11-16)13(14)6-4-3-5-7-13/h3-6,12H,7-11,14H2,1-2H3. The maximum atomic E-state index is 12.1. The van der Waals surface area contributed by atoms with Crippen LogP contribution in [0.3, 0.4) is 0 Å². The number of nitrogens with zero attached hydrogens (tertiary/aromatic N) is 2. The fraction of sp³-hybridized carbons (Fsp3) is 0.692. The Morgan fingerprint density at radius 1 is 1.16 bits per heavy atom. The molecule has 6 heteroatoms. The van der Waals surface area contributed by atoms with Crippen molar-refractivity contribution in [3.05, 3.63) is 24.3 Å². The summed E-state index contributed by atoms with van der Waals surface area (Å²) < 4.78 is 25.8. The van der Waals surface area contributed by atoms with E-state index in [9.17, 15) is 8.42 Å². The predicted octanol–water partition coefficient (Wildman–Crippen LogP) is 0.513. The molecule has 0 aromatic heterocycles. The molecule has 0 aromatic carbocycles. The zero-order valence-electron chi connectivity index (χ0n) is 11.6. The highest BCUT2D eigenvalue weighted by Crippen LogP contribution is 2.22. The van der Waals surface area contributed by atoms with Crippen LogP contribution in [0.1, 0.15) is 20.3 Å². The molecule has 0 aromatic rings. The second-order valence-corrected chi connectivity index (χ2v) is 7.95. The molecule has 0 radical (unpaired) electrons. The molecule has 5 nitrogen and oxygen atoms in total. The quantitative estimate of drug-likeness (QED) is 0.820. The van der Waals surface area contributed by atoms with E-state index in [-0.39, 0.29) is 5.25 Å². The number of nitrogens with two attached hydrogens (primary N) is 1. The smallest absolute Gasteiger partial charge is 0.216 e.